The van der Waals surface area contributed by atoms with E-state index in [0.29, 0.717) is 0 Å². The Hall–Kier alpha value is -0.310. The minimum absolute atomic E-state index is 0.865. The minimum Gasteiger partial charge on any atom is -0.316 e. The molecule has 17 heavy (non-hydrogen) atoms. The van der Waals surface area contributed by atoms with Crippen LogP contribution in [-0.2, 0) is 6.42 Å². The fraction of sp³-hybridized carbons (Fsp3) is 0.571. The Morgan fingerprint density at radius 1 is 1.29 bits per heavy atom. The van der Waals surface area contributed by atoms with Crippen molar-refractivity contribution >= 4 is 22.9 Å². The van der Waals surface area contributed by atoms with Crippen molar-refractivity contribution < 1.29 is 0 Å². The van der Waals surface area contributed by atoms with Gasteiger partial charge in [-0.05, 0) is 62.2 Å². The molecule has 3 atom stereocenters. The predicted octanol–water partition coefficient (Wildman–Crippen LogP) is 3.75. The average Bonchev–Trinajstić information content (AvgIpc) is 3.00. The summed E-state index contributed by atoms with van der Waals surface area (Å²) in [7, 11) is 0. The zero-order valence-corrected chi connectivity index (χ0v) is 11.4. The van der Waals surface area contributed by atoms with Crippen molar-refractivity contribution in [1.82, 2.24) is 5.32 Å². The maximum absolute atomic E-state index is 5.91. The van der Waals surface area contributed by atoms with Gasteiger partial charge >= 0.3 is 0 Å². The summed E-state index contributed by atoms with van der Waals surface area (Å²) in [5.74, 6) is 2.64. The third-order valence-corrected chi connectivity index (χ3v) is 5.29. The second-order valence-electron chi connectivity index (χ2n) is 5.20. The van der Waals surface area contributed by atoms with Crippen LogP contribution < -0.4 is 5.32 Å². The number of halogens is 1. The fourth-order valence-corrected chi connectivity index (χ4v) is 4.20. The number of allylic oxidation sites excluding steroid dienone is 2. The molecule has 2 bridgehead atoms. The Labute approximate surface area is 112 Å². The first-order valence-electron chi connectivity index (χ1n) is 6.44. The Kier molecular flexibility index (Phi) is 3.55. The molecule has 3 unspecified atom stereocenters. The highest BCUT2D eigenvalue weighted by Gasteiger charge is 2.34. The van der Waals surface area contributed by atoms with Gasteiger partial charge in [0.15, 0.2) is 0 Å². The molecule has 1 nitrogen and oxygen atoms in total. The molecule has 0 amide bonds. The molecule has 3 heteroatoms. The molecule has 1 heterocycles. The van der Waals surface area contributed by atoms with Gasteiger partial charge in [-0.3, -0.25) is 0 Å². The van der Waals surface area contributed by atoms with Crippen molar-refractivity contribution in [2.24, 2.45) is 17.8 Å². The summed E-state index contributed by atoms with van der Waals surface area (Å²) >= 11 is 7.61. The predicted molar refractivity (Wildman–Crippen MR) is 74.7 cm³/mol. The summed E-state index contributed by atoms with van der Waals surface area (Å²) in [5.41, 5.74) is 0. The molecule has 92 valence electrons. The third kappa shape index (κ3) is 2.75. The van der Waals surface area contributed by atoms with E-state index in [2.05, 4.69) is 23.5 Å². The van der Waals surface area contributed by atoms with Crippen LogP contribution in [0.5, 0.6) is 0 Å². The number of fused-ring (bicyclic) bond motifs is 2. The zero-order chi connectivity index (χ0) is 11.7. The van der Waals surface area contributed by atoms with Gasteiger partial charge in [-0.15, -0.1) is 11.3 Å². The van der Waals surface area contributed by atoms with Crippen molar-refractivity contribution in [3.8, 4) is 0 Å². The van der Waals surface area contributed by atoms with Crippen LogP contribution in [0, 0.1) is 17.8 Å². The van der Waals surface area contributed by atoms with Crippen LogP contribution in [0.1, 0.15) is 17.7 Å². The van der Waals surface area contributed by atoms with Crippen LogP contribution in [0.3, 0.4) is 0 Å². The molecule has 1 aromatic rings. The maximum atomic E-state index is 5.91. The Bertz CT molecular complexity index is 412. The Morgan fingerprint density at radius 2 is 2.24 bits per heavy atom. The number of hydrogen-bond acceptors (Lipinski definition) is 2. The minimum atomic E-state index is 0.865. The van der Waals surface area contributed by atoms with E-state index in [1.165, 1.54) is 24.3 Å². The quantitative estimate of drug-likeness (QED) is 0.633. The number of thiophene rings is 1. The van der Waals surface area contributed by atoms with E-state index in [1.54, 1.807) is 11.3 Å². The molecule has 0 radical (unpaired) electrons. The first-order valence-corrected chi connectivity index (χ1v) is 7.64. The van der Waals surface area contributed by atoms with Gasteiger partial charge < -0.3 is 5.32 Å². The summed E-state index contributed by atoms with van der Waals surface area (Å²) in [6.45, 7) is 2.26. The average molecular weight is 268 g/mol. The van der Waals surface area contributed by atoms with E-state index in [-0.39, 0.29) is 0 Å². The van der Waals surface area contributed by atoms with Crippen LogP contribution in [0.15, 0.2) is 24.3 Å². The lowest BCUT2D eigenvalue weighted by Crippen LogP contribution is -2.27. The molecular formula is C14H18ClNS. The lowest BCUT2D eigenvalue weighted by molar-refractivity contribution is 0.416. The Morgan fingerprint density at radius 3 is 2.88 bits per heavy atom. The second kappa shape index (κ2) is 5.13. The largest absolute Gasteiger partial charge is 0.316 e. The van der Waals surface area contributed by atoms with Crippen LogP contribution in [0.25, 0.3) is 0 Å². The molecule has 1 N–H and O–H groups in total. The van der Waals surface area contributed by atoms with Crippen molar-refractivity contribution in [2.75, 3.05) is 13.1 Å². The summed E-state index contributed by atoms with van der Waals surface area (Å²) in [4.78, 5) is 1.38. The highest BCUT2D eigenvalue weighted by molar-refractivity contribution is 7.16. The van der Waals surface area contributed by atoms with Crippen LogP contribution in [0.2, 0.25) is 4.34 Å². The number of hydrogen-bond donors (Lipinski definition) is 1. The molecule has 0 aliphatic heterocycles. The number of nitrogens with one attached hydrogen (secondary N) is 1. The van der Waals surface area contributed by atoms with E-state index in [9.17, 15) is 0 Å². The van der Waals surface area contributed by atoms with Crippen molar-refractivity contribution in [3.05, 3.63) is 33.5 Å². The lowest BCUT2D eigenvalue weighted by Gasteiger charge is -2.18. The lowest BCUT2D eigenvalue weighted by atomic mass is 9.94. The van der Waals surface area contributed by atoms with Gasteiger partial charge in [0.2, 0.25) is 0 Å². The van der Waals surface area contributed by atoms with Crippen LogP contribution in [0.4, 0.5) is 0 Å². The van der Waals surface area contributed by atoms with E-state index >= 15 is 0 Å². The fourth-order valence-electron chi connectivity index (χ4n) is 3.11. The van der Waals surface area contributed by atoms with Gasteiger partial charge in [0.1, 0.15) is 0 Å². The van der Waals surface area contributed by atoms with E-state index in [1.807, 2.05) is 6.07 Å². The molecule has 3 rings (SSSR count). The molecule has 2 aliphatic carbocycles. The first-order chi connectivity index (χ1) is 8.31. The summed E-state index contributed by atoms with van der Waals surface area (Å²) in [5, 5.41) is 3.60. The van der Waals surface area contributed by atoms with Gasteiger partial charge in [-0.2, -0.15) is 0 Å². The van der Waals surface area contributed by atoms with Crippen molar-refractivity contribution in [1.29, 1.82) is 0 Å². The summed E-state index contributed by atoms with van der Waals surface area (Å²) < 4.78 is 0.901. The SMILES string of the molecule is Clc1ccc(CCNCC2CC3C=CC2C3)s1. The van der Waals surface area contributed by atoms with Crippen molar-refractivity contribution in [3.63, 3.8) is 0 Å². The number of rotatable bonds is 5. The van der Waals surface area contributed by atoms with E-state index < -0.39 is 0 Å². The second-order valence-corrected chi connectivity index (χ2v) is 7.00. The van der Waals surface area contributed by atoms with Gasteiger partial charge in [-0.1, -0.05) is 23.8 Å². The van der Waals surface area contributed by atoms with Gasteiger partial charge in [-0.25, -0.2) is 0 Å². The van der Waals surface area contributed by atoms with Gasteiger partial charge in [0.25, 0.3) is 0 Å². The highest BCUT2D eigenvalue weighted by atomic mass is 35.5. The Balaban J connectivity index is 1.37. The topological polar surface area (TPSA) is 12.0 Å². The summed E-state index contributed by atoms with van der Waals surface area (Å²) in [6, 6.07) is 4.12. The highest BCUT2D eigenvalue weighted by Crippen LogP contribution is 2.42. The molecule has 1 saturated carbocycles. The maximum Gasteiger partial charge on any atom is 0.0931 e. The van der Waals surface area contributed by atoms with Crippen LogP contribution >= 0.6 is 22.9 Å². The zero-order valence-electron chi connectivity index (χ0n) is 9.86. The molecule has 1 aromatic heterocycles. The van der Waals surface area contributed by atoms with Crippen LogP contribution in [-0.4, -0.2) is 13.1 Å². The normalized spacial score (nSPS) is 30.3. The third-order valence-electron chi connectivity index (χ3n) is 4.00. The molecule has 2 aliphatic rings. The monoisotopic (exact) mass is 267 g/mol. The molecule has 0 saturated heterocycles. The standard InChI is InChI=1S/C14H18ClNS/c15-14-4-3-13(17-14)5-6-16-9-12-8-10-1-2-11(12)7-10/h1-4,10-12,16H,5-9H2. The van der Waals surface area contributed by atoms with E-state index in [4.69, 9.17) is 11.6 Å². The van der Waals surface area contributed by atoms with E-state index in [0.717, 1.165) is 35.1 Å². The molecule has 1 fully saturated rings. The van der Waals surface area contributed by atoms with Gasteiger partial charge in [0.05, 0.1) is 4.34 Å². The molecular weight excluding hydrogens is 250 g/mol. The first kappa shape index (κ1) is 11.8. The smallest absolute Gasteiger partial charge is 0.0931 e. The van der Waals surface area contributed by atoms with Crippen molar-refractivity contribution in [2.45, 2.75) is 19.3 Å². The molecule has 0 spiro atoms. The van der Waals surface area contributed by atoms with Gasteiger partial charge in [0, 0.05) is 4.88 Å². The molecule has 0 aromatic carbocycles. The summed E-state index contributed by atoms with van der Waals surface area (Å²) in [6.07, 6.45) is 8.76.